The summed E-state index contributed by atoms with van der Waals surface area (Å²) in [7, 11) is 1.40. The number of thiazole rings is 1. The van der Waals surface area contributed by atoms with Crippen molar-refractivity contribution in [3.05, 3.63) is 11.1 Å². The lowest BCUT2D eigenvalue weighted by Gasteiger charge is -2.17. The molecule has 0 amide bonds. The van der Waals surface area contributed by atoms with Crippen molar-refractivity contribution in [2.24, 2.45) is 0 Å². The monoisotopic (exact) mass is 267 g/mol. The maximum absolute atomic E-state index is 12.2. The zero-order valence-corrected chi connectivity index (χ0v) is 10.7. The van der Waals surface area contributed by atoms with Crippen molar-refractivity contribution in [2.45, 2.75) is 26.1 Å². The number of hydrogen-bond donors (Lipinski definition) is 1. The lowest BCUT2D eigenvalue weighted by atomic mass is 10.4. The molecule has 0 aliphatic rings. The van der Waals surface area contributed by atoms with Gasteiger partial charge in [-0.2, -0.15) is 13.2 Å². The number of rotatable bonds is 6. The summed E-state index contributed by atoms with van der Waals surface area (Å²) in [6, 6.07) is 0. The minimum atomic E-state index is -4.19. The van der Waals surface area contributed by atoms with Crippen LogP contribution in [0.2, 0.25) is 0 Å². The van der Waals surface area contributed by atoms with Gasteiger partial charge in [0.25, 0.3) is 0 Å². The third-order valence-corrected chi connectivity index (χ3v) is 3.12. The van der Waals surface area contributed by atoms with E-state index >= 15 is 0 Å². The highest BCUT2D eigenvalue weighted by molar-refractivity contribution is 7.15. The Kier molecular flexibility index (Phi) is 5.20. The number of halogens is 3. The van der Waals surface area contributed by atoms with Gasteiger partial charge >= 0.3 is 6.18 Å². The van der Waals surface area contributed by atoms with Gasteiger partial charge in [-0.25, -0.2) is 4.98 Å². The second-order valence-corrected chi connectivity index (χ2v) is 4.85. The topological polar surface area (TPSA) is 28.2 Å². The molecule has 0 unspecified atom stereocenters. The summed E-state index contributed by atoms with van der Waals surface area (Å²) in [5.74, 6) is 0. The highest BCUT2D eigenvalue weighted by Crippen LogP contribution is 2.25. The van der Waals surface area contributed by atoms with Gasteiger partial charge in [-0.3, -0.25) is 0 Å². The van der Waals surface area contributed by atoms with Crippen molar-refractivity contribution in [3.63, 3.8) is 0 Å². The Balaban J connectivity index is 2.49. The minimum Gasteiger partial charge on any atom is -0.342 e. The molecule has 1 heterocycles. The minimum absolute atomic E-state index is 0.399. The van der Waals surface area contributed by atoms with Gasteiger partial charge in [0.05, 0.1) is 0 Å². The zero-order chi connectivity index (χ0) is 12.9. The first-order valence-corrected chi connectivity index (χ1v) is 6.17. The summed E-state index contributed by atoms with van der Waals surface area (Å²) in [5, 5.41) is 3.58. The molecule has 17 heavy (non-hydrogen) atoms. The van der Waals surface area contributed by atoms with Crippen LogP contribution >= 0.6 is 11.3 Å². The molecule has 3 nitrogen and oxygen atoms in total. The van der Waals surface area contributed by atoms with Crippen LogP contribution in [0.3, 0.4) is 0 Å². The average Bonchev–Trinajstić information content (AvgIpc) is 2.64. The Hall–Kier alpha value is -0.820. The fraction of sp³-hybridized carbons (Fsp3) is 0.700. The van der Waals surface area contributed by atoms with Crippen LogP contribution in [0.4, 0.5) is 18.3 Å². The van der Waals surface area contributed by atoms with E-state index < -0.39 is 12.7 Å². The average molecular weight is 267 g/mol. The van der Waals surface area contributed by atoms with Gasteiger partial charge in [-0.05, 0) is 13.0 Å². The summed E-state index contributed by atoms with van der Waals surface area (Å²) in [4.78, 5) is 6.05. The highest BCUT2D eigenvalue weighted by atomic mass is 32.1. The number of hydrogen-bond acceptors (Lipinski definition) is 4. The smallest absolute Gasteiger partial charge is 0.342 e. The molecule has 0 aromatic carbocycles. The molecule has 1 aromatic rings. The molecule has 0 saturated heterocycles. The molecule has 0 atom stereocenters. The van der Waals surface area contributed by atoms with Gasteiger partial charge in [-0.15, -0.1) is 11.3 Å². The highest BCUT2D eigenvalue weighted by Gasteiger charge is 2.30. The molecule has 0 spiro atoms. The fourth-order valence-electron chi connectivity index (χ4n) is 1.28. The van der Waals surface area contributed by atoms with Crippen molar-refractivity contribution >= 4 is 16.5 Å². The van der Waals surface area contributed by atoms with E-state index in [1.54, 1.807) is 6.20 Å². The van der Waals surface area contributed by atoms with E-state index in [2.05, 4.69) is 17.2 Å². The van der Waals surface area contributed by atoms with E-state index in [9.17, 15) is 13.2 Å². The van der Waals surface area contributed by atoms with E-state index in [0.717, 1.165) is 22.7 Å². The van der Waals surface area contributed by atoms with Crippen LogP contribution in [0.5, 0.6) is 0 Å². The van der Waals surface area contributed by atoms with Crippen LogP contribution in [0.25, 0.3) is 0 Å². The van der Waals surface area contributed by atoms with E-state index in [-0.39, 0.29) is 0 Å². The Morgan fingerprint density at radius 2 is 2.18 bits per heavy atom. The van der Waals surface area contributed by atoms with Gasteiger partial charge in [0.1, 0.15) is 6.54 Å². The van der Waals surface area contributed by atoms with Gasteiger partial charge in [-0.1, -0.05) is 6.92 Å². The number of alkyl halides is 3. The summed E-state index contributed by atoms with van der Waals surface area (Å²) in [6.07, 6.45) is -1.55. The lowest BCUT2D eigenvalue weighted by Crippen LogP contribution is -2.30. The van der Waals surface area contributed by atoms with E-state index in [1.807, 2.05) is 0 Å². The van der Waals surface area contributed by atoms with E-state index in [1.165, 1.54) is 18.4 Å². The second kappa shape index (κ2) is 6.20. The van der Waals surface area contributed by atoms with Gasteiger partial charge in [0.15, 0.2) is 5.13 Å². The third kappa shape index (κ3) is 5.36. The molecule has 1 rings (SSSR count). The lowest BCUT2D eigenvalue weighted by molar-refractivity contribution is -0.119. The Bertz CT molecular complexity index is 338. The number of nitrogens with zero attached hydrogens (tertiary/aromatic N) is 2. The molecule has 0 aliphatic carbocycles. The number of aromatic nitrogens is 1. The van der Waals surface area contributed by atoms with Crippen molar-refractivity contribution in [1.29, 1.82) is 0 Å². The third-order valence-electron chi connectivity index (χ3n) is 2.01. The Morgan fingerprint density at radius 1 is 1.47 bits per heavy atom. The molecule has 1 N–H and O–H groups in total. The predicted molar refractivity (Wildman–Crippen MR) is 63.4 cm³/mol. The Labute approximate surface area is 103 Å². The van der Waals surface area contributed by atoms with Crippen molar-refractivity contribution in [3.8, 4) is 0 Å². The summed E-state index contributed by atoms with van der Waals surface area (Å²) in [6.45, 7) is 2.64. The molecule has 0 radical (unpaired) electrons. The maximum Gasteiger partial charge on any atom is 0.405 e. The maximum atomic E-state index is 12.2. The normalized spacial score (nSPS) is 11.8. The van der Waals surface area contributed by atoms with Crippen molar-refractivity contribution in [1.82, 2.24) is 10.3 Å². The summed E-state index contributed by atoms with van der Waals surface area (Å²) < 4.78 is 36.5. The van der Waals surface area contributed by atoms with Crippen molar-refractivity contribution < 1.29 is 13.2 Å². The van der Waals surface area contributed by atoms with Crippen LogP contribution in [0, 0.1) is 0 Å². The zero-order valence-electron chi connectivity index (χ0n) is 9.84. The van der Waals surface area contributed by atoms with Crippen LogP contribution in [0.1, 0.15) is 18.2 Å². The number of anilines is 1. The first kappa shape index (κ1) is 14.2. The first-order chi connectivity index (χ1) is 7.92. The molecule has 7 heteroatoms. The number of nitrogens with one attached hydrogen (secondary N) is 1. The SMILES string of the molecule is CCCNCc1cnc(N(C)CC(F)(F)F)s1. The quantitative estimate of drug-likeness (QED) is 0.803. The first-order valence-electron chi connectivity index (χ1n) is 5.35. The second-order valence-electron chi connectivity index (χ2n) is 3.76. The largest absolute Gasteiger partial charge is 0.405 e. The van der Waals surface area contributed by atoms with Crippen LogP contribution in [-0.4, -0.2) is 31.3 Å². The van der Waals surface area contributed by atoms with Crippen molar-refractivity contribution in [2.75, 3.05) is 25.0 Å². The van der Waals surface area contributed by atoms with Gasteiger partial charge in [0, 0.05) is 24.7 Å². The molecule has 0 aliphatic heterocycles. The molecule has 0 bridgehead atoms. The molecule has 0 fully saturated rings. The van der Waals surface area contributed by atoms with E-state index in [0.29, 0.717) is 11.7 Å². The summed E-state index contributed by atoms with van der Waals surface area (Å²) >= 11 is 1.28. The van der Waals surface area contributed by atoms with E-state index in [4.69, 9.17) is 0 Å². The van der Waals surface area contributed by atoms with Crippen LogP contribution in [0.15, 0.2) is 6.20 Å². The molecule has 0 saturated carbocycles. The summed E-state index contributed by atoms with van der Waals surface area (Å²) in [5.41, 5.74) is 0. The molecular weight excluding hydrogens is 251 g/mol. The van der Waals surface area contributed by atoms with Crippen LogP contribution in [-0.2, 0) is 6.54 Å². The molecular formula is C10H16F3N3S. The fourth-order valence-corrected chi connectivity index (χ4v) is 2.12. The van der Waals surface area contributed by atoms with Gasteiger partial charge in [0.2, 0.25) is 0 Å². The standard InChI is InChI=1S/C10H16F3N3S/c1-3-4-14-5-8-6-15-9(17-8)16(2)7-10(11,12)13/h6,14H,3-5,7H2,1-2H3. The molecule has 98 valence electrons. The van der Waals surface area contributed by atoms with Gasteiger partial charge < -0.3 is 10.2 Å². The van der Waals surface area contributed by atoms with Crippen LogP contribution < -0.4 is 10.2 Å². The molecule has 1 aromatic heterocycles. The predicted octanol–water partition coefficient (Wildman–Crippen LogP) is 2.64. The Morgan fingerprint density at radius 3 is 2.76 bits per heavy atom.